The Balaban J connectivity index is 1.91. The third-order valence-corrected chi connectivity index (χ3v) is 6.89. The van der Waals surface area contributed by atoms with Gasteiger partial charge in [0.25, 0.3) is 10.1 Å². The zero-order chi connectivity index (χ0) is 23.5. The second-order valence-corrected chi connectivity index (χ2v) is 10.2. The average molecular weight is 459 g/mol. The topological polar surface area (TPSA) is 121 Å². The van der Waals surface area contributed by atoms with E-state index in [0.29, 0.717) is 18.7 Å². The van der Waals surface area contributed by atoms with Crippen molar-refractivity contribution in [3.05, 3.63) is 59.7 Å². The lowest BCUT2D eigenvalue weighted by Crippen LogP contribution is -2.40. The highest BCUT2D eigenvalue weighted by atomic mass is 32.2. The molecule has 7 nitrogen and oxygen atoms in total. The van der Waals surface area contributed by atoms with Crippen LogP contribution >= 0.6 is 0 Å². The molecule has 0 radical (unpaired) electrons. The summed E-state index contributed by atoms with van der Waals surface area (Å²) in [6.07, 6.45) is 6.51. The van der Waals surface area contributed by atoms with Crippen LogP contribution in [0.4, 0.5) is 11.4 Å². The molecule has 2 aromatic carbocycles. The molecule has 1 aliphatic heterocycles. The van der Waals surface area contributed by atoms with Crippen LogP contribution in [0.25, 0.3) is 6.08 Å². The Morgan fingerprint density at radius 2 is 1.81 bits per heavy atom. The van der Waals surface area contributed by atoms with E-state index in [0.717, 1.165) is 29.7 Å². The van der Waals surface area contributed by atoms with Gasteiger partial charge in [0.05, 0.1) is 10.9 Å². The molecule has 2 aromatic rings. The Kier molecular flexibility index (Phi) is 6.95. The van der Waals surface area contributed by atoms with E-state index in [4.69, 9.17) is 10.8 Å². The predicted octanol–water partition coefficient (Wildman–Crippen LogP) is 4.34. The van der Waals surface area contributed by atoms with Crippen LogP contribution in [0.2, 0.25) is 0 Å². The first-order chi connectivity index (χ1) is 15.0. The van der Waals surface area contributed by atoms with Crippen LogP contribution in [-0.2, 0) is 20.3 Å². The summed E-state index contributed by atoms with van der Waals surface area (Å²) in [5, 5.41) is 8.86. The van der Waals surface area contributed by atoms with Gasteiger partial charge >= 0.3 is 5.97 Å². The number of unbranched alkanes of at least 4 members (excludes halogenated alkanes) is 2. The third kappa shape index (κ3) is 5.31. The molecule has 172 valence electrons. The van der Waals surface area contributed by atoms with Crippen molar-refractivity contribution >= 4 is 33.5 Å². The molecule has 0 bridgehead atoms. The zero-order valence-corrected chi connectivity index (χ0v) is 19.2. The maximum Gasteiger partial charge on any atom is 0.303 e. The number of nitrogens with zero attached hydrogens (tertiary/aromatic N) is 1. The van der Waals surface area contributed by atoms with Gasteiger partial charge in [0, 0.05) is 29.8 Å². The number of aliphatic carboxylic acids is 1. The van der Waals surface area contributed by atoms with Crippen molar-refractivity contribution in [2.45, 2.75) is 55.9 Å². The van der Waals surface area contributed by atoms with Crippen molar-refractivity contribution in [2.24, 2.45) is 0 Å². The quantitative estimate of drug-likeness (QED) is 0.290. The smallest absolute Gasteiger partial charge is 0.303 e. The molecule has 32 heavy (non-hydrogen) atoms. The molecule has 0 fully saturated rings. The molecule has 0 saturated carbocycles. The summed E-state index contributed by atoms with van der Waals surface area (Å²) in [5.41, 5.74) is 8.83. The summed E-state index contributed by atoms with van der Waals surface area (Å²) in [7, 11) is -4.31. The third-order valence-electron chi connectivity index (χ3n) is 6.04. The van der Waals surface area contributed by atoms with Gasteiger partial charge in [-0.05, 0) is 54.3 Å². The fourth-order valence-electron chi connectivity index (χ4n) is 4.29. The number of rotatable bonds is 9. The first-order valence-corrected chi connectivity index (χ1v) is 12.1. The molecule has 1 heterocycles. The lowest BCUT2D eigenvalue weighted by molar-refractivity contribution is -0.137. The summed E-state index contributed by atoms with van der Waals surface area (Å²) in [5.74, 6) is -0.792. The number of carbonyl (C=O) groups is 1. The lowest BCUT2D eigenvalue weighted by atomic mass is 9.80. The molecule has 3 rings (SSSR count). The predicted molar refractivity (Wildman–Crippen MR) is 126 cm³/mol. The Morgan fingerprint density at radius 3 is 2.44 bits per heavy atom. The number of fused-ring (bicyclic) bond motifs is 1. The minimum Gasteiger partial charge on any atom is -0.481 e. The first kappa shape index (κ1) is 23.8. The SMILES string of the molecule is CC1(C)c2cc(S(=O)(=O)O)ccc2N(CCCCCC(=O)O)C1C=Cc1ccc(N)cc1. The van der Waals surface area contributed by atoms with E-state index in [1.807, 2.05) is 30.3 Å². The highest BCUT2D eigenvalue weighted by Crippen LogP contribution is 2.46. The van der Waals surface area contributed by atoms with Crippen LogP contribution in [-0.4, -0.2) is 36.6 Å². The molecule has 0 amide bonds. The van der Waals surface area contributed by atoms with Gasteiger partial charge in [0.1, 0.15) is 0 Å². The normalized spacial score (nSPS) is 17.6. The van der Waals surface area contributed by atoms with Crippen LogP contribution in [0.5, 0.6) is 0 Å². The maximum absolute atomic E-state index is 11.7. The number of hydrogen-bond donors (Lipinski definition) is 3. The molecule has 4 N–H and O–H groups in total. The summed E-state index contributed by atoms with van der Waals surface area (Å²) in [4.78, 5) is 12.9. The zero-order valence-electron chi connectivity index (χ0n) is 18.4. The maximum atomic E-state index is 11.7. The Bertz CT molecular complexity index is 1110. The standard InChI is InChI=1S/C24H30N2O5S/c1-24(2)20-16-19(32(29,30)31)12-13-21(20)26(15-5-3-4-6-23(27)28)22(24)14-9-17-7-10-18(25)11-8-17/h7-14,16,22H,3-6,15,25H2,1-2H3,(H,27,28)(H,29,30,31). The molecule has 1 aliphatic rings. The van der Waals surface area contributed by atoms with Gasteiger partial charge in [-0.25, -0.2) is 0 Å². The Morgan fingerprint density at radius 1 is 1.12 bits per heavy atom. The molecule has 0 aliphatic carbocycles. The van der Waals surface area contributed by atoms with E-state index in [-0.39, 0.29) is 17.4 Å². The average Bonchev–Trinajstić information content (AvgIpc) is 2.92. The van der Waals surface area contributed by atoms with E-state index in [1.165, 1.54) is 6.07 Å². The second-order valence-electron chi connectivity index (χ2n) is 8.74. The number of nitrogens with two attached hydrogens (primary N) is 1. The van der Waals surface area contributed by atoms with Gasteiger partial charge in [-0.1, -0.05) is 44.6 Å². The molecule has 1 atom stereocenters. The van der Waals surface area contributed by atoms with Crippen LogP contribution in [0.3, 0.4) is 0 Å². The van der Waals surface area contributed by atoms with E-state index >= 15 is 0 Å². The van der Waals surface area contributed by atoms with Crippen molar-refractivity contribution in [2.75, 3.05) is 17.2 Å². The van der Waals surface area contributed by atoms with Crippen molar-refractivity contribution in [1.29, 1.82) is 0 Å². The summed E-state index contributed by atoms with van der Waals surface area (Å²) in [6, 6.07) is 12.2. The minimum atomic E-state index is -4.31. The first-order valence-electron chi connectivity index (χ1n) is 10.6. The fourth-order valence-corrected chi connectivity index (χ4v) is 4.80. The lowest BCUT2D eigenvalue weighted by Gasteiger charge is -2.32. The van der Waals surface area contributed by atoms with Gasteiger partial charge in [-0.2, -0.15) is 8.42 Å². The number of benzene rings is 2. The van der Waals surface area contributed by atoms with Gasteiger partial charge in [-0.15, -0.1) is 0 Å². The number of carboxylic acids is 1. The van der Waals surface area contributed by atoms with Crippen LogP contribution in [0.1, 0.15) is 50.7 Å². The van der Waals surface area contributed by atoms with Gasteiger partial charge in [0.15, 0.2) is 0 Å². The molecule has 0 spiro atoms. The van der Waals surface area contributed by atoms with Crippen molar-refractivity contribution in [3.63, 3.8) is 0 Å². The number of hydrogen-bond acceptors (Lipinski definition) is 5. The molecule has 1 unspecified atom stereocenters. The number of anilines is 2. The highest BCUT2D eigenvalue weighted by molar-refractivity contribution is 7.85. The fraction of sp³-hybridized carbons (Fsp3) is 0.375. The monoisotopic (exact) mass is 458 g/mol. The Labute approximate surface area is 189 Å². The largest absolute Gasteiger partial charge is 0.481 e. The number of nitrogen functional groups attached to an aromatic ring is 1. The van der Waals surface area contributed by atoms with E-state index in [9.17, 15) is 17.8 Å². The molecular formula is C24H30N2O5S. The van der Waals surface area contributed by atoms with Crippen molar-refractivity contribution in [1.82, 2.24) is 0 Å². The summed E-state index contributed by atoms with van der Waals surface area (Å²) < 4.78 is 33.0. The molecular weight excluding hydrogens is 428 g/mol. The molecule has 0 aromatic heterocycles. The van der Waals surface area contributed by atoms with Crippen molar-refractivity contribution in [3.8, 4) is 0 Å². The molecule has 0 saturated heterocycles. The van der Waals surface area contributed by atoms with Gasteiger partial charge in [0.2, 0.25) is 0 Å². The summed E-state index contributed by atoms with van der Waals surface area (Å²) in [6.45, 7) is 4.82. The summed E-state index contributed by atoms with van der Waals surface area (Å²) >= 11 is 0. The molecule has 8 heteroatoms. The van der Waals surface area contributed by atoms with E-state index < -0.39 is 21.5 Å². The second kappa shape index (κ2) is 9.34. The van der Waals surface area contributed by atoms with Crippen LogP contribution < -0.4 is 10.6 Å². The van der Waals surface area contributed by atoms with Crippen molar-refractivity contribution < 1.29 is 22.9 Å². The van der Waals surface area contributed by atoms with Gasteiger partial charge in [-0.3, -0.25) is 9.35 Å². The van der Waals surface area contributed by atoms with E-state index in [1.54, 1.807) is 12.1 Å². The number of carboxylic acid groups (broad SMARTS) is 1. The highest BCUT2D eigenvalue weighted by Gasteiger charge is 2.43. The van der Waals surface area contributed by atoms with Gasteiger partial charge < -0.3 is 15.7 Å². The van der Waals surface area contributed by atoms with Crippen LogP contribution in [0, 0.1) is 0 Å². The van der Waals surface area contributed by atoms with E-state index in [2.05, 4.69) is 24.8 Å². The Hall–Kier alpha value is -2.84. The minimum absolute atomic E-state index is 0.0498. The van der Waals surface area contributed by atoms with Crippen LogP contribution in [0.15, 0.2) is 53.4 Å².